The van der Waals surface area contributed by atoms with Crippen LogP contribution in [-0.2, 0) is 14.8 Å². The molecule has 1 amide bonds. The third-order valence-electron chi connectivity index (χ3n) is 3.41. The number of anilines is 2. The van der Waals surface area contributed by atoms with Crippen molar-refractivity contribution in [2.24, 2.45) is 0 Å². The molecule has 1 aromatic rings. The molecule has 1 unspecified atom stereocenters. The summed E-state index contributed by atoms with van der Waals surface area (Å²) in [5.41, 5.74) is 1.87. The zero-order valence-corrected chi connectivity index (χ0v) is 13.1. The average Bonchev–Trinajstić information content (AvgIpc) is 2.84. The predicted octanol–water partition coefficient (Wildman–Crippen LogP) is 1.45. The fraction of sp³-hybridized carbons (Fsp3) is 0.500. The van der Waals surface area contributed by atoms with Crippen LogP contribution in [0.15, 0.2) is 18.2 Å². The van der Waals surface area contributed by atoms with Gasteiger partial charge in [-0.3, -0.25) is 9.52 Å². The molecule has 21 heavy (non-hydrogen) atoms. The molecule has 0 bridgehead atoms. The Bertz CT molecular complexity index is 622. The molecule has 1 aromatic carbocycles. The van der Waals surface area contributed by atoms with Gasteiger partial charge in [-0.25, -0.2) is 8.42 Å². The Hall–Kier alpha value is -1.60. The number of aryl methyl sites for hydroxylation is 1. The molecule has 0 saturated carbocycles. The fourth-order valence-electron chi connectivity index (χ4n) is 2.38. The minimum absolute atomic E-state index is 0.0661. The molecule has 1 aliphatic rings. The van der Waals surface area contributed by atoms with Gasteiger partial charge in [0.1, 0.15) is 0 Å². The zero-order chi connectivity index (χ0) is 15.5. The molecule has 2 rings (SSSR count). The van der Waals surface area contributed by atoms with Gasteiger partial charge in [-0.1, -0.05) is 6.07 Å². The Kier molecular flexibility index (Phi) is 4.84. The molecule has 1 fully saturated rings. The second-order valence-corrected chi connectivity index (χ2v) is 7.20. The summed E-state index contributed by atoms with van der Waals surface area (Å²) in [5, 5.41) is 6.08. The van der Waals surface area contributed by atoms with E-state index in [1.807, 2.05) is 6.92 Å². The largest absolute Gasteiger partial charge is 0.326 e. The van der Waals surface area contributed by atoms with Crippen LogP contribution in [0.2, 0.25) is 0 Å². The first-order valence-corrected chi connectivity index (χ1v) is 8.84. The van der Waals surface area contributed by atoms with Crippen molar-refractivity contribution in [2.75, 3.05) is 22.8 Å². The third-order valence-corrected chi connectivity index (χ3v) is 4.00. The van der Waals surface area contributed by atoms with Gasteiger partial charge in [0.25, 0.3) is 0 Å². The van der Waals surface area contributed by atoms with Gasteiger partial charge in [-0.15, -0.1) is 0 Å². The topological polar surface area (TPSA) is 87.3 Å². The van der Waals surface area contributed by atoms with Crippen molar-refractivity contribution in [3.63, 3.8) is 0 Å². The van der Waals surface area contributed by atoms with Crippen molar-refractivity contribution < 1.29 is 13.2 Å². The van der Waals surface area contributed by atoms with E-state index in [4.69, 9.17) is 0 Å². The van der Waals surface area contributed by atoms with Crippen LogP contribution in [-0.4, -0.2) is 33.2 Å². The lowest BCUT2D eigenvalue weighted by Gasteiger charge is -2.13. The van der Waals surface area contributed by atoms with Crippen molar-refractivity contribution in [2.45, 2.75) is 32.2 Å². The highest BCUT2D eigenvalue weighted by Gasteiger charge is 2.17. The first-order valence-electron chi connectivity index (χ1n) is 6.95. The van der Waals surface area contributed by atoms with Crippen LogP contribution in [0.1, 0.15) is 24.8 Å². The quantitative estimate of drug-likeness (QED) is 0.768. The maximum absolute atomic E-state index is 12.0. The Morgan fingerprint density at radius 3 is 2.81 bits per heavy atom. The summed E-state index contributed by atoms with van der Waals surface area (Å²) in [4.78, 5) is 12.0. The standard InChI is InChI=1S/C14H21N3O3S/c1-10-5-6-12(8-13(10)17-21(2,19)20)16-14(18)9-11-4-3-7-15-11/h5-6,8,11,15,17H,3-4,7,9H2,1-2H3,(H,16,18). The van der Waals surface area contributed by atoms with Gasteiger partial charge in [0, 0.05) is 18.2 Å². The lowest BCUT2D eigenvalue weighted by atomic mass is 10.1. The van der Waals surface area contributed by atoms with E-state index in [0.29, 0.717) is 17.8 Å². The highest BCUT2D eigenvalue weighted by Crippen LogP contribution is 2.21. The normalized spacial score (nSPS) is 18.5. The molecule has 7 heteroatoms. The molecule has 0 aromatic heterocycles. The van der Waals surface area contributed by atoms with Gasteiger partial charge in [0.2, 0.25) is 15.9 Å². The lowest BCUT2D eigenvalue weighted by Crippen LogP contribution is -2.27. The maximum Gasteiger partial charge on any atom is 0.229 e. The molecule has 1 saturated heterocycles. The van der Waals surface area contributed by atoms with Gasteiger partial charge in [-0.05, 0) is 44.0 Å². The summed E-state index contributed by atoms with van der Waals surface area (Å²) in [6.07, 6.45) is 3.65. The average molecular weight is 311 g/mol. The van der Waals surface area contributed by atoms with Gasteiger partial charge in [0.05, 0.1) is 11.9 Å². The van der Waals surface area contributed by atoms with Gasteiger partial charge >= 0.3 is 0 Å². The summed E-state index contributed by atoms with van der Waals surface area (Å²) in [6, 6.07) is 5.42. The molecule has 116 valence electrons. The van der Waals surface area contributed by atoms with Crippen molar-refractivity contribution in [3.8, 4) is 0 Å². The first-order chi connectivity index (χ1) is 9.83. The van der Waals surface area contributed by atoms with Crippen LogP contribution in [0.25, 0.3) is 0 Å². The number of nitrogens with one attached hydrogen (secondary N) is 3. The minimum atomic E-state index is -3.34. The first kappa shape index (κ1) is 15.8. The van der Waals surface area contributed by atoms with E-state index in [1.165, 1.54) is 0 Å². The number of carbonyl (C=O) groups is 1. The Morgan fingerprint density at radius 2 is 2.19 bits per heavy atom. The molecule has 0 aliphatic carbocycles. The Labute approximate surface area is 125 Å². The van der Waals surface area contributed by atoms with E-state index in [9.17, 15) is 13.2 Å². The molecule has 3 N–H and O–H groups in total. The lowest BCUT2D eigenvalue weighted by molar-refractivity contribution is -0.116. The molecule has 0 radical (unpaired) electrons. The second-order valence-electron chi connectivity index (χ2n) is 5.45. The van der Waals surface area contributed by atoms with Crippen LogP contribution in [0.5, 0.6) is 0 Å². The van der Waals surface area contributed by atoms with E-state index in [0.717, 1.165) is 31.2 Å². The molecule has 1 atom stereocenters. The SMILES string of the molecule is Cc1ccc(NC(=O)CC2CCCN2)cc1NS(C)(=O)=O. The third kappa shape index (κ3) is 5.02. The smallest absolute Gasteiger partial charge is 0.229 e. The molecule has 1 aliphatic heterocycles. The highest BCUT2D eigenvalue weighted by atomic mass is 32.2. The van der Waals surface area contributed by atoms with Crippen LogP contribution < -0.4 is 15.4 Å². The monoisotopic (exact) mass is 311 g/mol. The summed E-state index contributed by atoms with van der Waals surface area (Å²) in [6.45, 7) is 2.77. The number of benzene rings is 1. The van der Waals surface area contributed by atoms with E-state index in [2.05, 4.69) is 15.4 Å². The van der Waals surface area contributed by atoms with Crippen LogP contribution in [0.3, 0.4) is 0 Å². The van der Waals surface area contributed by atoms with E-state index in [-0.39, 0.29) is 11.9 Å². The summed E-state index contributed by atoms with van der Waals surface area (Å²) >= 11 is 0. The number of hydrogen-bond acceptors (Lipinski definition) is 4. The van der Waals surface area contributed by atoms with Crippen molar-refractivity contribution in [1.82, 2.24) is 5.32 Å². The predicted molar refractivity (Wildman–Crippen MR) is 83.9 cm³/mol. The molecule has 6 nitrogen and oxygen atoms in total. The molecular formula is C14H21N3O3S. The Morgan fingerprint density at radius 1 is 1.43 bits per heavy atom. The van der Waals surface area contributed by atoms with E-state index in [1.54, 1.807) is 18.2 Å². The second kappa shape index (κ2) is 6.44. The summed E-state index contributed by atoms with van der Waals surface area (Å²) in [5.74, 6) is -0.0661. The summed E-state index contributed by atoms with van der Waals surface area (Å²) in [7, 11) is -3.34. The zero-order valence-electron chi connectivity index (χ0n) is 12.3. The van der Waals surface area contributed by atoms with E-state index < -0.39 is 10.0 Å². The molecule has 1 heterocycles. The number of sulfonamides is 1. The Balaban J connectivity index is 2.02. The number of amides is 1. The number of rotatable bonds is 5. The minimum Gasteiger partial charge on any atom is -0.326 e. The summed E-state index contributed by atoms with van der Waals surface area (Å²) < 4.78 is 25.1. The number of hydrogen-bond donors (Lipinski definition) is 3. The van der Waals surface area contributed by atoms with Gasteiger partial charge < -0.3 is 10.6 Å². The van der Waals surface area contributed by atoms with Gasteiger partial charge in [0.15, 0.2) is 0 Å². The fourth-order valence-corrected chi connectivity index (χ4v) is 3.00. The highest BCUT2D eigenvalue weighted by molar-refractivity contribution is 7.92. The van der Waals surface area contributed by atoms with Crippen LogP contribution >= 0.6 is 0 Å². The number of carbonyl (C=O) groups excluding carboxylic acids is 1. The van der Waals surface area contributed by atoms with E-state index >= 15 is 0 Å². The van der Waals surface area contributed by atoms with Crippen molar-refractivity contribution in [3.05, 3.63) is 23.8 Å². The van der Waals surface area contributed by atoms with Gasteiger partial charge in [-0.2, -0.15) is 0 Å². The van der Waals surface area contributed by atoms with Crippen molar-refractivity contribution >= 4 is 27.3 Å². The molecular weight excluding hydrogens is 290 g/mol. The van der Waals surface area contributed by atoms with Crippen LogP contribution in [0, 0.1) is 6.92 Å². The molecule has 0 spiro atoms. The van der Waals surface area contributed by atoms with Crippen LogP contribution in [0.4, 0.5) is 11.4 Å². The van der Waals surface area contributed by atoms with Crippen molar-refractivity contribution in [1.29, 1.82) is 0 Å². The maximum atomic E-state index is 12.0.